The summed E-state index contributed by atoms with van der Waals surface area (Å²) in [5.41, 5.74) is 6.26. The highest BCUT2D eigenvalue weighted by Gasteiger charge is 2.08. The molecule has 0 fully saturated rings. The molecular formula is C12H16FNO. The highest BCUT2D eigenvalue weighted by molar-refractivity contribution is 5.35. The Morgan fingerprint density at radius 2 is 2.27 bits per heavy atom. The van der Waals surface area contributed by atoms with E-state index in [1.54, 1.807) is 12.1 Å². The van der Waals surface area contributed by atoms with E-state index in [0.29, 0.717) is 31.7 Å². The van der Waals surface area contributed by atoms with Crippen LogP contribution in [0.3, 0.4) is 0 Å². The van der Waals surface area contributed by atoms with E-state index < -0.39 is 0 Å². The van der Waals surface area contributed by atoms with Crippen LogP contribution in [0, 0.1) is 5.82 Å². The van der Waals surface area contributed by atoms with Crippen molar-refractivity contribution in [2.24, 2.45) is 5.73 Å². The normalized spacial score (nSPS) is 10.0. The Labute approximate surface area is 89.6 Å². The van der Waals surface area contributed by atoms with Crippen LogP contribution < -0.4 is 10.5 Å². The molecule has 0 saturated carbocycles. The fourth-order valence-electron chi connectivity index (χ4n) is 1.31. The molecule has 0 bridgehead atoms. The molecule has 0 aromatic heterocycles. The quantitative estimate of drug-likeness (QED) is 0.576. The Morgan fingerprint density at radius 1 is 1.47 bits per heavy atom. The number of para-hydroxylation sites is 1. The molecule has 2 N–H and O–H groups in total. The number of rotatable bonds is 6. The molecule has 1 rings (SSSR count). The fourth-order valence-corrected chi connectivity index (χ4v) is 1.31. The average molecular weight is 209 g/mol. The van der Waals surface area contributed by atoms with E-state index in [-0.39, 0.29) is 5.82 Å². The monoisotopic (exact) mass is 209 g/mol. The first kappa shape index (κ1) is 11.7. The summed E-state index contributed by atoms with van der Waals surface area (Å²) in [4.78, 5) is 0. The predicted molar refractivity (Wildman–Crippen MR) is 59.5 cm³/mol. The molecule has 2 nitrogen and oxygen atoms in total. The third kappa shape index (κ3) is 3.36. The summed E-state index contributed by atoms with van der Waals surface area (Å²) in [6.45, 7) is 4.51. The molecular weight excluding hydrogens is 193 g/mol. The molecule has 0 aliphatic carbocycles. The van der Waals surface area contributed by atoms with Crippen molar-refractivity contribution in [1.29, 1.82) is 0 Å². The van der Waals surface area contributed by atoms with Crippen molar-refractivity contribution in [2.75, 3.05) is 13.2 Å². The molecule has 0 saturated heterocycles. The maximum atomic E-state index is 13.4. The van der Waals surface area contributed by atoms with Gasteiger partial charge in [-0.2, -0.15) is 0 Å². The van der Waals surface area contributed by atoms with E-state index in [2.05, 4.69) is 6.58 Å². The summed E-state index contributed by atoms with van der Waals surface area (Å²) in [7, 11) is 0. The highest BCUT2D eigenvalue weighted by Crippen LogP contribution is 2.23. The summed E-state index contributed by atoms with van der Waals surface area (Å²) >= 11 is 0. The minimum atomic E-state index is -0.329. The van der Waals surface area contributed by atoms with Crippen LogP contribution >= 0.6 is 0 Å². The first-order valence-corrected chi connectivity index (χ1v) is 5.00. The lowest BCUT2D eigenvalue weighted by Gasteiger charge is -2.10. The molecule has 0 aliphatic heterocycles. The second-order valence-corrected chi connectivity index (χ2v) is 3.19. The van der Waals surface area contributed by atoms with Crippen molar-refractivity contribution >= 4 is 0 Å². The number of hydrogen-bond donors (Lipinski definition) is 1. The van der Waals surface area contributed by atoms with Gasteiger partial charge < -0.3 is 10.5 Å². The topological polar surface area (TPSA) is 35.2 Å². The smallest absolute Gasteiger partial charge is 0.165 e. The third-order valence-corrected chi connectivity index (χ3v) is 2.03. The predicted octanol–water partition coefficient (Wildman–Crippen LogP) is 2.28. The molecule has 0 heterocycles. The zero-order valence-corrected chi connectivity index (χ0v) is 8.71. The van der Waals surface area contributed by atoms with Gasteiger partial charge in [0.15, 0.2) is 11.6 Å². The lowest BCUT2D eigenvalue weighted by molar-refractivity contribution is 0.304. The van der Waals surface area contributed by atoms with E-state index in [9.17, 15) is 4.39 Å². The first-order valence-electron chi connectivity index (χ1n) is 5.00. The highest BCUT2D eigenvalue weighted by atomic mass is 19.1. The molecule has 0 unspecified atom stereocenters. The molecule has 1 aromatic carbocycles. The van der Waals surface area contributed by atoms with Crippen LogP contribution in [0.1, 0.15) is 12.0 Å². The van der Waals surface area contributed by atoms with Crippen molar-refractivity contribution in [3.8, 4) is 5.75 Å². The Balaban J connectivity index is 2.76. The molecule has 0 aliphatic rings. The minimum absolute atomic E-state index is 0.324. The van der Waals surface area contributed by atoms with Crippen molar-refractivity contribution < 1.29 is 9.13 Å². The summed E-state index contributed by atoms with van der Waals surface area (Å²) < 4.78 is 18.8. The second-order valence-electron chi connectivity index (χ2n) is 3.19. The number of nitrogens with two attached hydrogens (primary N) is 1. The molecule has 0 radical (unpaired) electrons. The van der Waals surface area contributed by atoms with E-state index in [1.807, 2.05) is 6.07 Å². The largest absolute Gasteiger partial charge is 0.490 e. The molecule has 0 spiro atoms. The lowest BCUT2D eigenvalue weighted by atomic mass is 10.1. The van der Waals surface area contributed by atoms with Crippen molar-refractivity contribution in [3.05, 3.63) is 42.2 Å². The van der Waals surface area contributed by atoms with Gasteiger partial charge in [0.2, 0.25) is 0 Å². The van der Waals surface area contributed by atoms with E-state index in [4.69, 9.17) is 10.5 Å². The van der Waals surface area contributed by atoms with Gasteiger partial charge in [0.1, 0.15) is 0 Å². The first-order chi connectivity index (χ1) is 7.29. The average Bonchev–Trinajstić information content (AvgIpc) is 2.23. The van der Waals surface area contributed by atoms with Crippen LogP contribution in [-0.4, -0.2) is 13.2 Å². The minimum Gasteiger partial charge on any atom is -0.490 e. The maximum Gasteiger partial charge on any atom is 0.165 e. The maximum absolute atomic E-state index is 13.4. The molecule has 0 amide bonds. The van der Waals surface area contributed by atoms with Gasteiger partial charge in [-0.3, -0.25) is 0 Å². The number of hydrogen-bond acceptors (Lipinski definition) is 2. The Kier molecular flexibility index (Phi) is 4.84. The zero-order chi connectivity index (χ0) is 11.1. The summed E-state index contributed by atoms with van der Waals surface area (Å²) in [5, 5.41) is 0. The molecule has 1 aromatic rings. The van der Waals surface area contributed by atoms with Crippen LogP contribution in [0.15, 0.2) is 30.9 Å². The van der Waals surface area contributed by atoms with Crippen LogP contribution in [0.2, 0.25) is 0 Å². The number of halogens is 1. The van der Waals surface area contributed by atoms with Gasteiger partial charge in [-0.15, -0.1) is 6.58 Å². The number of ether oxygens (including phenoxy) is 1. The van der Waals surface area contributed by atoms with E-state index in [0.717, 1.165) is 5.56 Å². The summed E-state index contributed by atoms with van der Waals surface area (Å²) in [6, 6.07) is 4.89. The van der Waals surface area contributed by atoms with Gasteiger partial charge in [-0.05, 0) is 31.0 Å². The standard InChI is InChI=1S/C12H16FNO/c1-2-3-9-15-12-10(7-8-14)5-4-6-11(12)13/h2,4-6H,1,3,7-9,14H2. The van der Waals surface area contributed by atoms with Crippen LogP contribution in [0.4, 0.5) is 4.39 Å². The van der Waals surface area contributed by atoms with Crippen LogP contribution in [0.5, 0.6) is 5.75 Å². The van der Waals surface area contributed by atoms with Gasteiger partial charge in [-0.1, -0.05) is 18.2 Å². The Morgan fingerprint density at radius 3 is 2.93 bits per heavy atom. The van der Waals surface area contributed by atoms with Gasteiger partial charge in [0, 0.05) is 0 Å². The van der Waals surface area contributed by atoms with E-state index in [1.165, 1.54) is 6.07 Å². The van der Waals surface area contributed by atoms with Crippen LogP contribution in [0.25, 0.3) is 0 Å². The lowest BCUT2D eigenvalue weighted by Crippen LogP contribution is -2.07. The number of benzene rings is 1. The molecule has 3 heteroatoms. The van der Waals surface area contributed by atoms with Gasteiger partial charge in [-0.25, -0.2) is 4.39 Å². The van der Waals surface area contributed by atoms with Gasteiger partial charge in [0.05, 0.1) is 6.61 Å². The fraction of sp³-hybridized carbons (Fsp3) is 0.333. The van der Waals surface area contributed by atoms with Gasteiger partial charge >= 0.3 is 0 Å². The Hall–Kier alpha value is -1.35. The second kappa shape index (κ2) is 6.19. The van der Waals surface area contributed by atoms with Crippen molar-refractivity contribution in [3.63, 3.8) is 0 Å². The molecule has 82 valence electrons. The summed E-state index contributed by atoms with van der Waals surface area (Å²) in [6.07, 6.45) is 3.07. The molecule has 15 heavy (non-hydrogen) atoms. The zero-order valence-electron chi connectivity index (χ0n) is 8.71. The van der Waals surface area contributed by atoms with Crippen molar-refractivity contribution in [1.82, 2.24) is 0 Å². The Bertz CT molecular complexity index is 325. The summed E-state index contributed by atoms with van der Waals surface area (Å²) in [5.74, 6) is -0.00480. The third-order valence-electron chi connectivity index (χ3n) is 2.03. The van der Waals surface area contributed by atoms with E-state index >= 15 is 0 Å². The van der Waals surface area contributed by atoms with Crippen molar-refractivity contribution in [2.45, 2.75) is 12.8 Å². The SMILES string of the molecule is C=CCCOc1c(F)cccc1CCN. The van der Waals surface area contributed by atoms with Gasteiger partial charge in [0.25, 0.3) is 0 Å². The van der Waals surface area contributed by atoms with Crippen LogP contribution in [-0.2, 0) is 6.42 Å². The molecule has 0 atom stereocenters.